The zero-order valence-electron chi connectivity index (χ0n) is 15.6. The largest absolute Gasteiger partial charge is 0.496 e. The number of Topliss-reactive ketones (excluding diaryl/α,β-unsaturated/α-hetero) is 1. The number of rotatable bonds is 4. The molecule has 3 nitrogen and oxygen atoms in total. The summed E-state index contributed by atoms with van der Waals surface area (Å²) >= 11 is 0. The van der Waals surface area contributed by atoms with E-state index in [1.807, 2.05) is 0 Å². The summed E-state index contributed by atoms with van der Waals surface area (Å²) in [6.07, 6.45) is 4.14. The van der Waals surface area contributed by atoms with Crippen molar-refractivity contribution in [3.8, 4) is 5.75 Å². The fraction of sp³-hybridized carbons (Fsp3) is 0.571. The number of methoxy groups -OCH3 is 1. The van der Waals surface area contributed by atoms with Crippen LogP contribution in [0.4, 0.5) is 0 Å². The maximum absolute atomic E-state index is 12.6. The molecule has 3 saturated heterocycles. The number of benzene rings is 1. The molecule has 3 aliphatic heterocycles. The number of fused-ring (bicyclic) bond motifs is 3. The predicted molar refractivity (Wildman–Crippen MR) is 98.5 cm³/mol. The van der Waals surface area contributed by atoms with Gasteiger partial charge in [0.15, 0.2) is 5.78 Å². The van der Waals surface area contributed by atoms with E-state index in [4.69, 9.17) is 4.74 Å². The van der Waals surface area contributed by atoms with Gasteiger partial charge in [0.25, 0.3) is 0 Å². The lowest BCUT2D eigenvalue weighted by Gasteiger charge is -2.41. The average Bonchev–Trinajstić information content (AvgIpc) is 2.57. The van der Waals surface area contributed by atoms with E-state index >= 15 is 0 Å². The van der Waals surface area contributed by atoms with Gasteiger partial charge in [-0.2, -0.15) is 0 Å². The molecule has 0 amide bonds. The zero-order valence-corrected chi connectivity index (χ0v) is 15.6. The smallest absolute Gasteiger partial charge is 0.182 e. The Hall–Kier alpha value is -1.77. The van der Waals surface area contributed by atoms with Gasteiger partial charge in [0.05, 0.1) is 12.8 Å². The van der Waals surface area contributed by atoms with Crippen LogP contribution in [-0.2, 0) is 4.79 Å². The van der Waals surface area contributed by atoms with Crippen molar-refractivity contribution in [1.82, 2.24) is 4.90 Å². The Balaban J connectivity index is 2.08. The fourth-order valence-corrected chi connectivity index (χ4v) is 3.94. The van der Waals surface area contributed by atoms with E-state index in [1.54, 1.807) is 7.11 Å². The summed E-state index contributed by atoms with van der Waals surface area (Å²) in [5, 5.41) is 0. The molecule has 0 atom stereocenters. The molecule has 0 unspecified atom stereocenters. The van der Waals surface area contributed by atoms with E-state index in [0.717, 1.165) is 42.9 Å². The molecule has 2 bridgehead atoms. The zero-order chi connectivity index (χ0) is 17.4. The Labute approximate surface area is 145 Å². The molecular weight excluding hydrogens is 298 g/mol. The molecule has 0 aliphatic carbocycles. The average molecular weight is 327 g/mol. The topological polar surface area (TPSA) is 29.5 Å². The highest BCUT2D eigenvalue weighted by atomic mass is 16.5. The van der Waals surface area contributed by atoms with Crippen LogP contribution in [-0.4, -0.2) is 30.9 Å². The lowest BCUT2D eigenvalue weighted by Crippen LogP contribution is -2.45. The predicted octanol–water partition coefficient (Wildman–Crippen LogP) is 4.58. The van der Waals surface area contributed by atoms with Crippen LogP contribution in [0.2, 0.25) is 0 Å². The molecule has 24 heavy (non-hydrogen) atoms. The van der Waals surface area contributed by atoms with Crippen LogP contribution in [0.3, 0.4) is 0 Å². The molecule has 0 saturated carbocycles. The molecule has 3 fully saturated rings. The summed E-state index contributed by atoms with van der Waals surface area (Å²) in [7, 11) is 1.75. The molecule has 4 rings (SSSR count). The van der Waals surface area contributed by atoms with Crippen molar-refractivity contribution in [2.75, 3.05) is 20.2 Å². The van der Waals surface area contributed by atoms with Crippen molar-refractivity contribution in [2.24, 2.45) is 5.92 Å². The van der Waals surface area contributed by atoms with Crippen molar-refractivity contribution in [1.29, 1.82) is 0 Å². The lowest BCUT2D eigenvalue weighted by molar-refractivity contribution is -0.125. The summed E-state index contributed by atoms with van der Waals surface area (Å²) in [6, 6.07) is 4.39. The first-order valence-corrected chi connectivity index (χ1v) is 9.15. The Morgan fingerprint density at radius 2 is 1.62 bits per heavy atom. The van der Waals surface area contributed by atoms with Crippen LogP contribution in [0, 0.1) is 5.92 Å². The van der Waals surface area contributed by atoms with Gasteiger partial charge in [0.1, 0.15) is 5.75 Å². The molecule has 0 N–H and O–H groups in total. The monoisotopic (exact) mass is 327 g/mol. The SMILES string of the molecule is COc1c(C(C)C)cc(C=C2C(=O)C3CCN2CC3)cc1C(C)C. The minimum Gasteiger partial charge on any atom is -0.496 e. The second-order valence-electron chi connectivity index (χ2n) is 7.70. The second kappa shape index (κ2) is 6.62. The maximum Gasteiger partial charge on any atom is 0.182 e. The minimum absolute atomic E-state index is 0.244. The number of ketones is 1. The Morgan fingerprint density at radius 3 is 2.04 bits per heavy atom. The molecule has 130 valence electrons. The van der Waals surface area contributed by atoms with E-state index in [0.29, 0.717) is 17.6 Å². The number of piperidine rings is 3. The highest BCUT2D eigenvalue weighted by Crippen LogP contribution is 2.37. The quantitative estimate of drug-likeness (QED) is 0.758. The highest BCUT2D eigenvalue weighted by Gasteiger charge is 2.36. The Bertz CT molecular complexity index is 635. The molecule has 1 aromatic carbocycles. The number of carbonyl (C=O) groups excluding carboxylic acids is 1. The summed E-state index contributed by atoms with van der Waals surface area (Å²) in [4.78, 5) is 14.9. The van der Waals surface area contributed by atoms with Gasteiger partial charge >= 0.3 is 0 Å². The van der Waals surface area contributed by atoms with Crippen LogP contribution in [0.15, 0.2) is 17.8 Å². The van der Waals surface area contributed by atoms with Gasteiger partial charge in [0.2, 0.25) is 0 Å². The van der Waals surface area contributed by atoms with Gasteiger partial charge in [0, 0.05) is 19.0 Å². The van der Waals surface area contributed by atoms with Crippen molar-refractivity contribution in [3.05, 3.63) is 34.5 Å². The number of ether oxygens (including phenoxy) is 1. The van der Waals surface area contributed by atoms with Gasteiger partial charge in [-0.15, -0.1) is 0 Å². The Morgan fingerprint density at radius 1 is 1.08 bits per heavy atom. The number of allylic oxidation sites excluding steroid dienone is 1. The van der Waals surface area contributed by atoms with E-state index in [-0.39, 0.29) is 5.92 Å². The van der Waals surface area contributed by atoms with Gasteiger partial charge in [-0.3, -0.25) is 4.79 Å². The third-order valence-corrected chi connectivity index (χ3v) is 5.38. The van der Waals surface area contributed by atoms with Gasteiger partial charge < -0.3 is 9.64 Å². The molecule has 3 aliphatic rings. The third-order valence-electron chi connectivity index (χ3n) is 5.38. The first-order chi connectivity index (χ1) is 11.4. The van der Waals surface area contributed by atoms with Crippen molar-refractivity contribution in [3.63, 3.8) is 0 Å². The van der Waals surface area contributed by atoms with Gasteiger partial charge in [-0.25, -0.2) is 0 Å². The van der Waals surface area contributed by atoms with Crippen molar-refractivity contribution >= 4 is 11.9 Å². The van der Waals surface area contributed by atoms with E-state index in [2.05, 4.69) is 50.8 Å². The molecule has 3 heterocycles. The molecule has 0 spiro atoms. The molecule has 3 heteroatoms. The number of carbonyl (C=O) groups is 1. The van der Waals surface area contributed by atoms with E-state index in [9.17, 15) is 4.79 Å². The minimum atomic E-state index is 0.244. The van der Waals surface area contributed by atoms with Crippen molar-refractivity contribution in [2.45, 2.75) is 52.4 Å². The van der Waals surface area contributed by atoms with E-state index < -0.39 is 0 Å². The van der Waals surface area contributed by atoms with Gasteiger partial charge in [-0.1, -0.05) is 27.7 Å². The van der Waals surface area contributed by atoms with Crippen LogP contribution < -0.4 is 4.74 Å². The van der Waals surface area contributed by atoms with Crippen LogP contribution in [0.25, 0.3) is 6.08 Å². The summed E-state index contributed by atoms with van der Waals surface area (Å²) in [5.41, 5.74) is 4.48. The Kier molecular flexibility index (Phi) is 4.71. The summed E-state index contributed by atoms with van der Waals surface area (Å²) in [6.45, 7) is 10.8. The van der Waals surface area contributed by atoms with Gasteiger partial charge in [-0.05, 0) is 59.6 Å². The van der Waals surface area contributed by atoms with Crippen molar-refractivity contribution < 1.29 is 9.53 Å². The summed E-state index contributed by atoms with van der Waals surface area (Å²) < 4.78 is 5.72. The number of hydrogen-bond acceptors (Lipinski definition) is 3. The second-order valence-corrected chi connectivity index (χ2v) is 7.70. The first kappa shape index (κ1) is 17.1. The lowest BCUT2D eigenvalue weighted by atomic mass is 9.84. The maximum atomic E-state index is 12.6. The van der Waals surface area contributed by atoms with E-state index in [1.165, 1.54) is 11.1 Å². The molecule has 0 aromatic heterocycles. The van der Waals surface area contributed by atoms with Crippen LogP contribution in [0.1, 0.15) is 69.1 Å². The van der Waals surface area contributed by atoms with Crippen LogP contribution >= 0.6 is 0 Å². The number of nitrogens with zero attached hydrogens (tertiary/aromatic N) is 1. The fourth-order valence-electron chi connectivity index (χ4n) is 3.94. The van der Waals surface area contributed by atoms with Crippen LogP contribution in [0.5, 0.6) is 5.75 Å². The number of hydrogen-bond donors (Lipinski definition) is 0. The highest BCUT2D eigenvalue weighted by molar-refractivity contribution is 6.02. The molecular formula is C21H29NO2. The standard InChI is InChI=1S/C21H29NO2/c1-13(2)17-10-15(11-18(14(3)4)21(17)24-5)12-19-20(23)16-6-8-22(19)9-7-16/h10-14,16H,6-9H2,1-5H3. The summed E-state index contributed by atoms with van der Waals surface area (Å²) in [5.74, 6) is 2.34. The third kappa shape index (κ3) is 2.97. The normalized spacial score (nSPS) is 19.9. The molecule has 1 aromatic rings. The molecule has 0 radical (unpaired) electrons. The first-order valence-electron chi connectivity index (χ1n) is 9.15.